The number of halogens is 2. The molecule has 0 spiro atoms. The molecule has 1 aromatic rings. The number of alkyl halides is 1. The average molecular weight is 276 g/mol. The van der Waals surface area contributed by atoms with Crippen molar-refractivity contribution in [2.75, 3.05) is 5.33 Å². The zero-order valence-corrected chi connectivity index (χ0v) is 10.4. The summed E-state index contributed by atoms with van der Waals surface area (Å²) in [5, 5.41) is 1.13. The second-order valence-electron chi connectivity index (χ2n) is 3.09. The lowest BCUT2D eigenvalue weighted by atomic mass is 10.0. The molecule has 0 saturated heterocycles. The zero-order chi connectivity index (χ0) is 10.6. The maximum Gasteiger partial charge on any atom is 0.147 e. The number of Topliss-reactive ketones (excluding diaryl/α,β-unsaturated/α-hetero) is 1. The predicted molar refractivity (Wildman–Crippen MR) is 63.3 cm³/mol. The number of aryl methyl sites for hydroxylation is 1. The zero-order valence-electron chi connectivity index (χ0n) is 8.02. The van der Waals surface area contributed by atoms with E-state index in [1.54, 1.807) is 0 Å². The fourth-order valence-electron chi connectivity index (χ4n) is 1.30. The summed E-state index contributed by atoms with van der Waals surface area (Å²) in [6.07, 6.45) is 1.31. The first-order valence-electron chi connectivity index (χ1n) is 4.53. The number of hydrogen-bond donors (Lipinski definition) is 0. The van der Waals surface area contributed by atoms with Gasteiger partial charge in [-0.1, -0.05) is 52.7 Å². The summed E-state index contributed by atoms with van der Waals surface area (Å²) in [6, 6.07) is 5.84. The van der Waals surface area contributed by atoms with Gasteiger partial charge in [0.2, 0.25) is 0 Å². The van der Waals surface area contributed by atoms with Crippen molar-refractivity contribution >= 4 is 33.3 Å². The van der Waals surface area contributed by atoms with Crippen LogP contribution in [-0.4, -0.2) is 11.1 Å². The van der Waals surface area contributed by atoms with Crippen molar-refractivity contribution in [2.45, 2.75) is 19.8 Å². The van der Waals surface area contributed by atoms with Crippen LogP contribution in [-0.2, 0) is 17.6 Å². The monoisotopic (exact) mass is 274 g/mol. The summed E-state index contributed by atoms with van der Waals surface area (Å²) < 4.78 is 0. The third kappa shape index (κ3) is 2.82. The molecule has 1 nitrogen and oxygen atoms in total. The second kappa shape index (κ2) is 5.52. The number of carbonyl (C=O) groups is 1. The Morgan fingerprint density at radius 3 is 2.64 bits per heavy atom. The van der Waals surface area contributed by atoms with Crippen LogP contribution in [0.1, 0.15) is 18.1 Å². The average Bonchev–Trinajstić information content (AvgIpc) is 2.21. The fraction of sp³-hybridized carbons (Fsp3) is 0.364. The molecule has 0 aromatic heterocycles. The molecule has 0 amide bonds. The normalized spacial score (nSPS) is 10.2. The van der Waals surface area contributed by atoms with E-state index in [2.05, 4.69) is 22.9 Å². The Morgan fingerprint density at radius 2 is 2.07 bits per heavy atom. The van der Waals surface area contributed by atoms with Crippen LogP contribution < -0.4 is 0 Å². The van der Waals surface area contributed by atoms with Gasteiger partial charge < -0.3 is 0 Å². The van der Waals surface area contributed by atoms with Gasteiger partial charge in [-0.3, -0.25) is 4.79 Å². The van der Waals surface area contributed by atoms with Gasteiger partial charge in [0.1, 0.15) is 5.78 Å². The van der Waals surface area contributed by atoms with E-state index in [-0.39, 0.29) is 5.78 Å². The van der Waals surface area contributed by atoms with E-state index >= 15 is 0 Å². The van der Waals surface area contributed by atoms with Crippen molar-refractivity contribution in [3.8, 4) is 0 Å². The molecule has 1 rings (SSSR count). The topological polar surface area (TPSA) is 17.1 Å². The summed E-state index contributed by atoms with van der Waals surface area (Å²) in [6.45, 7) is 2.05. The molecule has 0 fully saturated rings. The summed E-state index contributed by atoms with van der Waals surface area (Å²) in [7, 11) is 0. The van der Waals surface area contributed by atoms with Gasteiger partial charge in [-0.15, -0.1) is 0 Å². The fourth-order valence-corrected chi connectivity index (χ4v) is 1.83. The third-order valence-corrected chi connectivity index (χ3v) is 3.19. The van der Waals surface area contributed by atoms with Gasteiger partial charge in [-0.25, -0.2) is 0 Å². The molecule has 0 radical (unpaired) electrons. The summed E-state index contributed by atoms with van der Waals surface area (Å²) in [5.74, 6) is 0.153. The maximum absolute atomic E-state index is 11.2. The first kappa shape index (κ1) is 11.7. The molecule has 0 aliphatic carbocycles. The van der Waals surface area contributed by atoms with Crippen LogP contribution in [0.25, 0.3) is 0 Å². The molecular weight excluding hydrogens is 263 g/mol. The minimum atomic E-state index is 0.153. The highest BCUT2D eigenvalue weighted by atomic mass is 79.9. The van der Waals surface area contributed by atoms with Gasteiger partial charge in [0.15, 0.2) is 0 Å². The highest BCUT2D eigenvalue weighted by molar-refractivity contribution is 9.09. The van der Waals surface area contributed by atoms with E-state index in [4.69, 9.17) is 11.6 Å². The standard InChI is InChI=1S/C11H12BrClO/c1-2-8-4-3-5-9(11(8)13)6-10(14)7-12/h3-5H,2,6-7H2,1H3. The van der Waals surface area contributed by atoms with E-state index in [9.17, 15) is 4.79 Å². The molecule has 76 valence electrons. The molecule has 0 aliphatic heterocycles. The van der Waals surface area contributed by atoms with Crippen molar-refractivity contribution < 1.29 is 4.79 Å². The van der Waals surface area contributed by atoms with Gasteiger partial charge in [0.25, 0.3) is 0 Å². The van der Waals surface area contributed by atoms with Crippen molar-refractivity contribution in [3.63, 3.8) is 0 Å². The molecule has 0 unspecified atom stereocenters. The van der Waals surface area contributed by atoms with E-state index in [1.807, 2.05) is 18.2 Å². The largest absolute Gasteiger partial charge is 0.298 e. The van der Waals surface area contributed by atoms with Crippen LogP contribution in [0.3, 0.4) is 0 Å². The molecule has 0 aliphatic rings. The minimum Gasteiger partial charge on any atom is -0.298 e. The first-order chi connectivity index (χ1) is 6.69. The molecule has 14 heavy (non-hydrogen) atoms. The van der Waals surface area contributed by atoms with Gasteiger partial charge in [0.05, 0.1) is 5.33 Å². The van der Waals surface area contributed by atoms with Gasteiger partial charge in [-0.05, 0) is 17.5 Å². The van der Waals surface area contributed by atoms with Gasteiger partial charge >= 0.3 is 0 Å². The van der Waals surface area contributed by atoms with E-state index in [0.717, 1.165) is 22.6 Å². The van der Waals surface area contributed by atoms with Crippen molar-refractivity contribution in [3.05, 3.63) is 34.3 Å². The van der Waals surface area contributed by atoms with Crippen LogP contribution >= 0.6 is 27.5 Å². The van der Waals surface area contributed by atoms with E-state index in [0.29, 0.717) is 11.8 Å². The quantitative estimate of drug-likeness (QED) is 0.770. The smallest absolute Gasteiger partial charge is 0.147 e. The number of ketones is 1. The molecule has 0 N–H and O–H groups in total. The first-order valence-corrected chi connectivity index (χ1v) is 6.03. The van der Waals surface area contributed by atoms with Gasteiger partial charge in [-0.2, -0.15) is 0 Å². The maximum atomic E-state index is 11.2. The molecule has 0 bridgehead atoms. The van der Waals surface area contributed by atoms with Crippen LogP contribution in [0.15, 0.2) is 18.2 Å². The van der Waals surface area contributed by atoms with Crippen molar-refractivity contribution in [1.29, 1.82) is 0 Å². The highest BCUT2D eigenvalue weighted by Gasteiger charge is 2.08. The van der Waals surface area contributed by atoms with Crippen LogP contribution in [0.4, 0.5) is 0 Å². The van der Waals surface area contributed by atoms with Crippen LogP contribution in [0, 0.1) is 0 Å². The van der Waals surface area contributed by atoms with Crippen molar-refractivity contribution in [1.82, 2.24) is 0 Å². The SMILES string of the molecule is CCc1cccc(CC(=O)CBr)c1Cl. The number of benzene rings is 1. The summed E-state index contributed by atoms with van der Waals surface area (Å²) in [5.41, 5.74) is 2.03. The number of rotatable bonds is 4. The number of carbonyl (C=O) groups excluding carboxylic acids is 1. The molecular formula is C11H12BrClO. The summed E-state index contributed by atoms with van der Waals surface area (Å²) >= 11 is 9.28. The Kier molecular flexibility index (Phi) is 4.63. The molecule has 0 saturated carbocycles. The third-order valence-electron chi connectivity index (χ3n) is 2.08. The lowest BCUT2D eigenvalue weighted by Crippen LogP contribution is -2.04. The number of hydrogen-bond acceptors (Lipinski definition) is 1. The molecule has 0 heterocycles. The summed E-state index contributed by atoms with van der Waals surface area (Å²) in [4.78, 5) is 11.2. The Balaban J connectivity index is 2.92. The molecule has 0 atom stereocenters. The Morgan fingerprint density at radius 1 is 1.43 bits per heavy atom. The highest BCUT2D eigenvalue weighted by Crippen LogP contribution is 2.22. The van der Waals surface area contributed by atoms with Gasteiger partial charge in [0, 0.05) is 11.4 Å². The minimum absolute atomic E-state index is 0.153. The Bertz CT molecular complexity index is 336. The van der Waals surface area contributed by atoms with E-state index in [1.165, 1.54) is 0 Å². The Labute approximate surface area is 97.6 Å². The van der Waals surface area contributed by atoms with Crippen LogP contribution in [0.5, 0.6) is 0 Å². The molecule has 1 aromatic carbocycles. The second-order valence-corrected chi connectivity index (χ2v) is 4.03. The molecule has 3 heteroatoms. The van der Waals surface area contributed by atoms with Crippen molar-refractivity contribution in [2.24, 2.45) is 0 Å². The Hall–Kier alpha value is -0.340. The van der Waals surface area contributed by atoms with E-state index < -0.39 is 0 Å². The van der Waals surface area contributed by atoms with Crippen LogP contribution in [0.2, 0.25) is 5.02 Å². The lowest BCUT2D eigenvalue weighted by Gasteiger charge is -2.06. The lowest BCUT2D eigenvalue weighted by molar-refractivity contribution is -0.115. The predicted octanol–water partition coefficient (Wildman–Crippen LogP) is 3.41.